The molecule has 2 aliphatic rings. The highest BCUT2D eigenvalue weighted by atomic mass is 19.4. The molecule has 1 aromatic rings. The van der Waals surface area contributed by atoms with Crippen LogP contribution in [-0.2, 0) is 4.74 Å². The number of aryl methyl sites for hydroxylation is 1. The summed E-state index contributed by atoms with van der Waals surface area (Å²) in [6.07, 6.45) is 2.94. The van der Waals surface area contributed by atoms with Crippen LogP contribution in [0.15, 0.2) is 47.1 Å². The zero-order chi connectivity index (χ0) is 31.9. The number of allylic oxidation sites excluding steroid dienone is 4. The summed E-state index contributed by atoms with van der Waals surface area (Å²) in [5.74, 6) is 1.21. The molecular weight excluding hydrogens is 537 g/mol. The first-order valence-corrected chi connectivity index (χ1v) is 16.1. The van der Waals surface area contributed by atoms with Crippen LogP contribution in [0.4, 0.5) is 13.2 Å². The van der Waals surface area contributed by atoms with Gasteiger partial charge in [0.15, 0.2) is 0 Å². The van der Waals surface area contributed by atoms with Crippen LogP contribution in [0.3, 0.4) is 0 Å². The highest BCUT2D eigenvalue weighted by molar-refractivity contribution is 5.31. The number of nitrogens with zero attached hydrogens (tertiary/aromatic N) is 2. The molecule has 0 radical (unpaired) electrons. The Hall–Kier alpha value is -1.83. The van der Waals surface area contributed by atoms with Crippen LogP contribution in [-0.4, -0.2) is 67.6 Å². The Kier molecular flexibility index (Phi) is 17.7. The van der Waals surface area contributed by atoms with Crippen molar-refractivity contribution in [3.8, 4) is 5.75 Å². The van der Waals surface area contributed by atoms with Crippen LogP contribution in [0.1, 0.15) is 93.6 Å². The van der Waals surface area contributed by atoms with Crippen LogP contribution >= 0.6 is 0 Å². The Balaban J connectivity index is 0.000000524. The molecule has 0 aromatic heterocycles. The molecule has 242 valence electrons. The minimum Gasteiger partial charge on any atom is -0.406 e. The van der Waals surface area contributed by atoms with E-state index in [0.29, 0.717) is 23.9 Å². The van der Waals surface area contributed by atoms with E-state index in [4.69, 9.17) is 4.74 Å². The first kappa shape index (κ1) is 38.2. The molecule has 2 saturated heterocycles. The lowest BCUT2D eigenvalue weighted by atomic mass is 9.78. The van der Waals surface area contributed by atoms with E-state index < -0.39 is 6.36 Å². The Labute approximate surface area is 255 Å². The number of likely N-dealkylation sites (tertiary alicyclic amines) is 1. The molecule has 3 unspecified atom stereocenters. The number of hydrogen-bond donors (Lipinski definition) is 0. The van der Waals surface area contributed by atoms with Crippen LogP contribution < -0.4 is 4.74 Å². The summed E-state index contributed by atoms with van der Waals surface area (Å²) in [4.78, 5) is 5.33. The maximum Gasteiger partial charge on any atom is 0.573 e. The van der Waals surface area contributed by atoms with Gasteiger partial charge in [-0.1, -0.05) is 69.5 Å². The van der Waals surface area contributed by atoms with E-state index in [1.807, 2.05) is 13.8 Å². The van der Waals surface area contributed by atoms with Gasteiger partial charge in [0, 0.05) is 38.3 Å². The predicted molar refractivity (Wildman–Crippen MR) is 171 cm³/mol. The van der Waals surface area contributed by atoms with Crippen LogP contribution in [0.25, 0.3) is 0 Å². The number of rotatable bonds is 9. The van der Waals surface area contributed by atoms with Gasteiger partial charge in [-0.2, -0.15) is 0 Å². The molecule has 7 heteroatoms. The number of morpholine rings is 1. The van der Waals surface area contributed by atoms with E-state index in [0.717, 1.165) is 31.9 Å². The van der Waals surface area contributed by atoms with Crippen molar-refractivity contribution in [2.24, 2.45) is 11.8 Å². The molecule has 0 N–H and O–H groups in total. The summed E-state index contributed by atoms with van der Waals surface area (Å²) in [6.45, 7) is 28.7. The molecule has 2 heterocycles. The molecule has 0 aliphatic carbocycles. The minimum atomic E-state index is -4.60. The summed E-state index contributed by atoms with van der Waals surface area (Å²) >= 11 is 0. The van der Waals surface area contributed by atoms with Gasteiger partial charge >= 0.3 is 6.36 Å². The monoisotopic (exact) mass is 596 g/mol. The van der Waals surface area contributed by atoms with Gasteiger partial charge in [0.05, 0.1) is 13.2 Å². The quantitative estimate of drug-likeness (QED) is 0.265. The lowest BCUT2D eigenvalue weighted by Gasteiger charge is -2.44. The summed E-state index contributed by atoms with van der Waals surface area (Å²) in [5.41, 5.74) is 5.69. The zero-order valence-electron chi connectivity index (χ0n) is 28.1. The van der Waals surface area contributed by atoms with Gasteiger partial charge in [-0.3, -0.25) is 9.80 Å². The van der Waals surface area contributed by atoms with E-state index in [2.05, 4.69) is 69.1 Å². The number of benzene rings is 1. The largest absolute Gasteiger partial charge is 0.573 e. The van der Waals surface area contributed by atoms with Gasteiger partial charge in [0.25, 0.3) is 0 Å². The van der Waals surface area contributed by atoms with Gasteiger partial charge in [0.1, 0.15) is 5.75 Å². The first-order chi connectivity index (χ1) is 19.8. The third-order valence-corrected chi connectivity index (χ3v) is 8.65. The van der Waals surface area contributed by atoms with Crippen molar-refractivity contribution in [3.05, 3.63) is 52.6 Å². The second-order valence-electron chi connectivity index (χ2n) is 11.7. The lowest BCUT2D eigenvalue weighted by Crippen LogP contribution is -2.50. The minimum absolute atomic E-state index is 0.187. The third-order valence-electron chi connectivity index (χ3n) is 8.65. The van der Waals surface area contributed by atoms with Crippen molar-refractivity contribution in [3.63, 3.8) is 0 Å². The standard InChI is InChI=1S/C25H46N2O.C8H7F3O.C2H6/c1-8-19(3)21(5)16-25(20(4)9-2)24-17-22(6)27(23(7)18-24)11-10-26-12-14-28-15-13-26;1-6-2-4-7(5-3-6)12-8(9,10)11;1-2/h16,19,22-24H,8-15,17-18H2,1-7H3;2-5H,1H3;1-2H3/b21-16-,25-20?;;. The Bertz CT molecular complexity index is 925. The molecule has 2 fully saturated rings. The van der Waals surface area contributed by atoms with Crippen molar-refractivity contribution < 1.29 is 22.6 Å². The number of halogens is 3. The van der Waals surface area contributed by atoms with Gasteiger partial charge in [0.2, 0.25) is 0 Å². The maximum atomic E-state index is 11.6. The van der Waals surface area contributed by atoms with Gasteiger partial charge < -0.3 is 9.47 Å². The second-order valence-corrected chi connectivity index (χ2v) is 11.7. The summed E-state index contributed by atoms with van der Waals surface area (Å²) in [5, 5.41) is 0. The lowest BCUT2D eigenvalue weighted by molar-refractivity contribution is -0.274. The van der Waals surface area contributed by atoms with E-state index >= 15 is 0 Å². The summed E-state index contributed by atoms with van der Waals surface area (Å²) in [7, 11) is 0. The van der Waals surface area contributed by atoms with Crippen molar-refractivity contribution in [1.82, 2.24) is 9.80 Å². The van der Waals surface area contributed by atoms with Crippen LogP contribution in [0, 0.1) is 18.8 Å². The predicted octanol–water partition coefficient (Wildman–Crippen LogP) is 9.45. The van der Waals surface area contributed by atoms with Gasteiger partial charge in [-0.25, -0.2) is 0 Å². The molecule has 42 heavy (non-hydrogen) atoms. The molecule has 0 saturated carbocycles. The Morgan fingerprint density at radius 3 is 2.02 bits per heavy atom. The SMILES string of the molecule is CC.CCC(C)=C(/C=C(/C)C(C)CC)C1CC(C)N(CCN2CCOCC2)C(C)C1.Cc1ccc(OC(F)(F)F)cc1. The number of ether oxygens (including phenoxy) is 2. The summed E-state index contributed by atoms with van der Waals surface area (Å²) < 4.78 is 44.0. The zero-order valence-corrected chi connectivity index (χ0v) is 28.1. The van der Waals surface area contributed by atoms with E-state index in [1.54, 1.807) is 35.8 Å². The molecule has 2 aliphatic heterocycles. The van der Waals surface area contributed by atoms with Crippen molar-refractivity contribution in [2.45, 2.75) is 113 Å². The fourth-order valence-corrected chi connectivity index (χ4v) is 5.64. The average molecular weight is 597 g/mol. The third kappa shape index (κ3) is 13.6. The normalized spacial score (nSPS) is 23.5. The fourth-order valence-electron chi connectivity index (χ4n) is 5.64. The van der Waals surface area contributed by atoms with Crippen LogP contribution in [0.5, 0.6) is 5.75 Å². The molecular formula is C35H59F3N2O2. The van der Waals surface area contributed by atoms with Crippen molar-refractivity contribution in [2.75, 3.05) is 39.4 Å². The fraction of sp³-hybridized carbons (Fsp3) is 0.714. The number of alkyl halides is 3. The van der Waals surface area contributed by atoms with E-state index in [1.165, 1.54) is 50.9 Å². The smallest absolute Gasteiger partial charge is 0.406 e. The average Bonchev–Trinajstić information content (AvgIpc) is 2.96. The number of hydrogen-bond acceptors (Lipinski definition) is 4. The first-order valence-electron chi connectivity index (χ1n) is 16.1. The topological polar surface area (TPSA) is 24.9 Å². The molecule has 4 nitrogen and oxygen atoms in total. The van der Waals surface area contributed by atoms with Crippen molar-refractivity contribution >= 4 is 0 Å². The molecule has 3 rings (SSSR count). The molecule has 0 spiro atoms. The molecule has 0 amide bonds. The van der Waals surface area contributed by atoms with Crippen molar-refractivity contribution in [1.29, 1.82) is 0 Å². The summed E-state index contributed by atoms with van der Waals surface area (Å²) in [6, 6.07) is 6.99. The highest BCUT2D eigenvalue weighted by Gasteiger charge is 2.33. The molecule has 1 aromatic carbocycles. The Morgan fingerprint density at radius 2 is 1.55 bits per heavy atom. The highest BCUT2D eigenvalue weighted by Crippen LogP contribution is 2.36. The maximum absolute atomic E-state index is 11.6. The Morgan fingerprint density at radius 1 is 1.00 bits per heavy atom. The van der Waals surface area contributed by atoms with Gasteiger partial charge in [-0.15, -0.1) is 13.2 Å². The molecule has 3 atom stereocenters. The van der Waals surface area contributed by atoms with Crippen LogP contribution in [0.2, 0.25) is 0 Å². The number of piperidine rings is 1. The second kappa shape index (κ2) is 19.4. The van der Waals surface area contributed by atoms with E-state index in [9.17, 15) is 13.2 Å². The van der Waals surface area contributed by atoms with Gasteiger partial charge in [-0.05, 0) is 89.8 Å². The molecule has 0 bridgehead atoms. The van der Waals surface area contributed by atoms with E-state index in [-0.39, 0.29) is 5.75 Å².